The number of rotatable bonds is 8. The van der Waals surface area contributed by atoms with E-state index in [9.17, 15) is 29.8 Å². The Labute approximate surface area is 267 Å². The Morgan fingerprint density at radius 1 is 1.04 bits per heavy atom. The number of hydrogen-bond acceptors (Lipinski definition) is 11. The van der Waals surface area contributed by atoms with Crippen molar-refractivity contribution in [3.63, 3.8) is 0 Å². The number of ether oxygens (including phenoxy) is 1. The first-order valence-corrected chi connectivity index (χ1v) is 14.8. The predicted molar refractivity (Wildman–Crippen MR) is 167 cm³/mol. The summed E-state index contributed by atoms with van der Waals surface area (Å²) in [7, 11) is 0. The van der Waals surface area contributed by atoms with E-state index in [-0.39, 0.29) is 55.2 Å². The summed E-state index contributed by atoms with van der Waals surface area (Å²) in [6.07, 6.45) is 1.50. The minimum Gasteiger partial charge on any atom is -0.463 e. The van der Waals surface area contributed by atoms with Crippen LogP contribution in [0.15, 0.2) is 96.6 Å². The summed E-state index contributed by atoms with van der Waals surface area (Å²) in [4.78, 5) is 53.5. The number of carbonyl (C=O) groups is 1. The number of esters is 1. The second kappa shape index (κ2) is 12.1. The summed E-state index contributed by atoms with van der Waals surface area (Å²) in [6.45, 7) is 3.37. The first kappa shape index (κ1) is 30.4. The van der Waals surface area contributed by atoms with Gasteiger partial charge in [-0.25, -0.2) is 9.79 Å². The van der Waals surface area contributed by atoms with Crippen LogP contribution >= 0.6 is 22.9 Å². The molecule has 1 aliphatic heterocycles. The Morgan fingerprint density at radius 2 is 1.78 bits per heavy atom. The minimum atomic E-state index is -1.05. The van der Waals surface area contributed by atoms with Crippen LogP contribution in [-0.2, 0) is 9.53 Å². The van der Waals surface area contributed by atoms with Crippen LogP contribution in [0, 0.1) is 20.2 Å². The van der Waals surface area contributed by atoms with E-state index in [0.717, 1.165) is 11.3 Å². The summed E-state index contributed by atoms with van der Waals surface area (Å²) < 4.78 is 18.9. The lowest BCUT2D eigenvalue weighted by molar-refractivity contribution is -0.385. The quantitative estimate of drug-likeness (QED) is 0.113. The van der Waals surface area contributed by atoms with Crippen molar-refractivity contribution in [1.29, 1.82) is 0 Å². The Hall–Kier alpha value is -5.60. The molecule has 1 aliphatic rings. The molecule has 232 valence electrons. The van der Waals surface area contributed by atoms with Crippen LogP contribution in [0.2, 0.25) is 5.02 Å². The van der Waals surface area contributed by atoms with Crippen molar-refractivity contribution in [1.82, 2.24) is 4.57 Å². The van der Waals surface area contributed by atoms with E-state index in [1.807, 2.05) is 0 Å². The van der Waals surface area contributed by atoms with Gasteiger partial charge >= 0.3 is 5.97 Å². The van der Waals surface area contributed by atoms with Gasteiger partial charge in [0.25, 0.3) is 16.9 Å². The Balaban J connectivity index is 1.45. The lowest BCUT2D eigenvalue weighted by Crippen LogP contribution is -2.39. The molecule has 0 aliphatic carbocycles. The fourth-order valence-electron chi connectivity index (χ4n) is 5.01. The molecular weight excluding hydrogens is 640 g/mol. The monoisotopic (exact) mass is 660 g/mol. The molecule has 2 aromatic carbocycles. The molecule has 13 nitrogen and oxygen atoms in total. The van der Waals surface area contributed by atoms with Crippen LogP contribution < -0.4 is 14.9 Å². The van der Waals surface area contributed by atoms with Gasteiger partial charge in [-0.3, -0.25) is 29.6 Å². The van der Waals surface area contributed by atoms with Gasteiger partial charge in [0.05, 0.1) is 37.3 Å². The van der Waals surface area contributed by atoms with Gasteiger partial charge < -0.3 is 13.6 Å². The van der Waals surface area contributed by atoms with Gasteiger partial charge in [-0.1, -0.05) is 35.1 Å². The van der Waals surface area contributed by atoms with E-state index in [2.05, 4.69) is 4.99 Å². The Kier molecular flexibility index (Phi) is 7.98. The summed E-state index contributed by atoms with van der Waals surface area (Å²) in [5, 5.41) is 22.8. The number of non-ortho nitro benzene ring substituents is 2. The number of nitro groups is 2. The third-order valence-corrected chi connectivity index (χ3v) is 8.39. The van der Waals surface area contributed by atoms with Crippen LogP contribution in [-0.4, -0.2) is 27.0 Å². The number of carbonyl (C=O) groups excluding carboxylic acids is 1. The van der Waals surface area contributed by atoms with Gasteiger partial charge in [-0.15, -0.1) is 0 Å². The van der Waals surface area contributed by atoms with Crippen LogP contribution in [0.3, 0.4) is 0 Å². The molecule has 1 atom stereocenters. The highest BCUT2D eigenvalue weighted by Gasteiger charge is 2.35. The maximum atomic E-state index is 13.9. The molecule has 5 aromatic rings. The zero-order chi connectivity index (χ0) is 32.7. The fourth-order valence-corrected chi connectivity index (χ4v) is 6.25. The Bertz CT molecular complexity index is 2280. The molecule has 46 heavy (non-hydrogen) atoms. The van der Waals surface area contributed by atoms with E-state index in [0.29, 0.717) is 22.6 Å². The van der Waals surface area contributed by atoms with Crippen molar-refractivity contribution in [3.05, 3.63) is 134 Å². The third-order valence-electron chi connectivity index (χ3n) is 7.08. The van der Waals surface area contributed by atoms with Crippen molar-refractivity contribution >= 4 is 46.4 Å². The lowest BCUT2D eigenvalue weighted by Gasteiger charge is -2.22. The first-order valence-electron chi connectivity index (χ1n) is 13.6. The van der Waals surface area contributed by atoms with Crippen molar-refractivity contribution in [2.75, 3.05) is 6.61 Å². The van der Waals surface area contributed by atoms with Gasteiger partial charge in [0.15, 0.2) is 4.80 Å². The zero-order valence-corrected chi connectivity index (χ0v) is 25.5. The van der Waals surface area contributed by atoms with Gasteiger partial charge in [-0.2, -0.15) is 0 Å². The van der Waals surface area contributed by atoms with Crippen molar-refractivity contribution in [2.24, 2.45) is 4.99 Å². The highest BCUT2D eigenvalue weighted by atomic mass is 35.5. The minimum absolute atomic E-state index is 0.0826. The van der Waals surface area contributed by atoms with E-state index in [1.54, 1.807) is 44.2 Å². The highest BCUT2D eigenvalue weighted by Crippen LogP contribution is 2.35. The average molecular weight is 661 g/mol. The normalized spacial score (nSPS) is 14.6. The predicted octanol–water partition coefficient (Wildman–Crippen LogP) is 5.79. The number of fused-ring (bicyclic) bond motifs is 1. The molecule has 0 spiro atoms. The molecule has 0 bridgehead atoms. The molecule has 15 heteroatoms. The maximum Gasteiger partial charge on any atom is 0.338 e. The molecule has 0 saturated heterocycles. The van der Waals surface area contributed by atoms with Gasteiger partial charge in [0, 0.05) is 41.5 Å². The molecule has 4 heterocycles. The molecular formula is C31H21ClN4O9S. The molecule has 3 aromatic heterocycles. The lowest BCUT2D eigenvalue weighted by atomic mass is 10.0. The maximum absolute atomic E-state index is 13.9. The van der Waals surface area contributed by atoms with Gasteiger partial charge in [0.1, 0.15) is 29.1 Å². The number of halogens is 1. The van der Waals surface area contributed by atoms with Crippen LogP contribution in [0.25, 0.3) is 28.7 Å². The van der Waals surface area contributed by atoms with Crippen molar-refractivity contribution in [2.45, 2.75) is 19.9 Å². The largest absolute Gasteiger partial charge is 0.463 e. The zero-order valence-electron chi connectivity index (χ0n) is 24.0. The summed E-state index contributed by atoms with van der Waals surface area (Å²) in [5.41, 5.74) is 0.382. The fraction of sp³-hybridized carbons (Fsp3) is 0.129. The summed E-state index contributed by atoms with van der Waals surface area (Å²) in [6, 6.07) is 15.2. The van der Waals surface area contributed by atoms with Crippen LogP contribution in [0.4, 0.5) is 11.4 Å². The van der Waals surface area contributed by atoms with Crippen LogP contribution in [0.5, 0.6) is 0 Å². The van der Waals surface area contributed by atoms with E-state index in [4.69, 9.17) is 25.2 Å². The third kappa shape index (κ3) is 5.55. The van der Waals surface area contributed by atoms with E-state index in [1.165, 1.54) is 47.0 Å². The second-order valence-corrected chi connectivity index (χ2v) is 11.4. The number of nitrogens with zero attached hydrogens (tertiary/aromatic N) is 4. The molecule has 0 unspecified atom stereocenters. The van der Waals surface area contributed by atoms with E-state index < -0.39 is 27.4 Å². The molecule has 0 amide bonds. The van der Waals surface area contributed by atoms with Gasteiger partial charge in [0.2, 0.25) is 0 Å². The number of hydrogen-bond donors (Lipinski definition) is 0. The van der Waals surface area contributed by atoms with E-state index >= 15 is 0 Å². The summed E-state index contributed by atoms with van der Waals surface area (Å²) in [5.74, 6) is 0.358. The number of thiazole rings is 1. The Morgan fingerprint density at radius 3 is 2.52 bits per heavy atom. The first-order chi connectivity index (χ1) is 22.0. The molecule has 0 radical (unpaired) electrons. The van der Waals surface area contributed by atoms with Crippen LogP contribution in [0.1, 0.15) is 31.4 Å². The highest BCUT2D eigenvalue weighted by molar-refractivity contribution is 7.07. The standard InChI is InChI=1S/C31H21ClN4O9S/c1-3-43-30(38)27-16(2)33-31-34(28(27)25-12-11-23(45-25)17-5-4-6-18(13-17)35(39)40)29(37)26(46-31)15-20-8-10-24(44-20)21-14-19(36(41)42)7-9-22(21)32/h4-15,28H,3H2,1-2H3/b26-15-/t28-/m1/s1. The molecule has 0 N–H and O–H groups in total. The molecule has 0 saturated carbocycles. The number of benzene rings is 2. The average Bonchev–Trinajstić information content (AvgIpc) is 3.77. The number of nitro benzene ring substituents is 2. The smallest absolute Gasteiger partial charge is 0.338 e. The molecule has 0 fully saturated rings. The topological polar surface area (TPSA) is 173 Å². The van der Waals surface area contributed by atoms with Gasteiger partial charge in [-0.05, 0) is 44.2 Å². The number of allylic oxidation sites excluding steroid dienone is 1. The SMILES string of the molecule is CCOC(=O)C1=C(C)N=c2s/c(=C\c3ccc(-c4cc([N+](=O)[O-])ccc4Cl)o3)c(=O)n2[C@@H]1c1ccc(-c2cccc([N+](=O)[O-])c2)o1. The number of furan rings is 2. The number of aromatic nitrogens is 1. The second-order valence-electron chi connectivity index (χ2n) is 9.94. The van der Waals surface area contributed by atoms with Crippen molar-refractivity contribution < 1.29 is 28.2 Å². The summed E-state index contributed by atoms with van der Waals surface area (Å²) >= 11 is 7.33. The molecule has 6 rings (SSSR count). The van der Waals surface area contributed by atoms with Crippen molar-refractivity contribution in [3.8, 4) is 22.6 Å².